The lowest BCUT2D eigenvalue weighted by Gasteiger charge is -2.17. The first-order chi connectivity index (χ1) is 9.29. The molecule has 0 aliphatic carbocycles. The lowest BCUT2D eigenvalue weighted by molar-refractivity contribution is 0.0845. The van der Waals surface area contributed by atoms with Gasteiger partial charge in [0.1, 0.15) is 0 Å². The lowest BCUT2D eigenvalue weighted by atomic mass is 10.0. The van der Waals surface area contributed by atoms with Crippen molar-refractivity contribution in [3.63, 3.8) is 0 Å². The first-order valence-electron chi connectivity index (χ1n) is 6.08. The number of hydrogen-bond donors (Lipinski definition) is 2. The van der Waals surface area contributed by atoms with E-state index in [0.29, 0.717) is 6.42 Å². The van der Waals surface area contributed by atoms with E-state index in [2.05, 4.69) is 5.32 Å². The monoisotopic (exact) mass is 293 g/mol. The van der Waals surface area contributed by atoms with Gasteiger partial charge in [-0.15, -0.1) is 0 Å². The normalized spacial score (nSPS) is 13.9. The van der Waals surface area contributed by atoms with Crippen LogP contribution >= 0.6 is 0 Å². The highest BCUT2D eigenvalue weighted by Crippen LogP contribution is 2.18. The lowest BCUT2D eigenvalue weighted by Crippen LogP contribution is -2.36. The summed E-state index contributed by atoms with van der Waals surface area (Å²) in [5.74, 6) is -8.67. The molecule has 2 atom stereocenters. The SMILES string of the molecule is CCC(C)C(O)CNC(=O)c1cc(F)c(F)c(F)c1F. The molecule has 0 radical (unpaired) electrons. The number of carbonyl (C=O) groups is 1. The largest absolute Gasteiger partial charge is 0.391 e. The van der Waals surface area contributed by atoms with Crippen LogP contribution in [-0.2, 0) is 0 Å². The number of aliphatic hydroxyl groups excluding tert-OH is 1. The Morgan fingerprint density at radius 3 is 2.40 bits per heavy atom. The van der Waals surface area contributed by atoms with Gasteiger partial charge in [-0.2, -0.15) is 0 Å². The highest BCUT2D eigenvalue weighted by Gasteiger charge is 2.23. The van der Waals surface area contributed by atoms with Gasteiger partial charge in [-0.3, -0.25) is 4.79 Å². The molecule has 2 N–H and O–H groups in total. The Hall–Kier alpha value is -1.63. The fourth-order valence-electron chi connectivity index (χ4n) is 1.50. The van der Waals surface area contributed by atoms with Crippen LogP contribution < -0.4 is 5.32 Å². The highest BCUT2D eigenvalue weighted by atomic mass is 19.2. The van der Waals surface area contributed by atoms with Crippen molar-refractivity contribution in [3.8, 4) is 0 Å². The van der Waals surface area contributed by atoms with Crippen molar-refractivity contribution < 1.29 is 27.5 Å². The van der Waals surface area contributed by atoms with Gasteiger partial charge >= 0.3 is 0 Å². The van der Waals surface area contributed by atoms with E-state index in [1.165, 1.54) is 0 Å². The van der Waals surface area contributed by atoms with Crippen molar-refractivity contribution in [2.24, 2.45) is 5.92 Å². The zero-order valence-electron chi connectivity index (χ0n) is 11.0. The molecular weight excluding hydrogens is 278 g/mol. The Kier molecular flexibility index (Phi) is 5.50. The Morgan fingerprint density at radius 1 is 1.25 bits per heavy atom. The molecule has 3 nitrogen and oxygen atoms in total. The Labute approximate surface area is 113 Å². The molecule has 0 bridgehead atoms. The minimum Gasteiger partial charge on any atom is -0.391 e. The second-order valence-corrected chi connectivity index (χ2v) is 4.51. The molecule has 0 heterocycles. The molecular formula is C13H15F4NO2. The molecule has 1 aromatic rings. The van der Waals surface area contributed by atoms with Gasteiger partial charge in [-0.25, -0.2) is 17.6 Å². The van der Waals surface area contributed by atoms with Gasteiger partial charge in [0.25, 0.3) is 5.91 Å². The summed E-state index contributed by atoms with van der Waals surface area (Å²) in [5, 5.41) is 11.8. The second-order valence-electron chi connectivity index (χ2n) is 4.51. The van der Waals surface area contributed by atoms with Gasteiger partial charge < -0.3 is 10.4 Å². The minimum absolute atomic E-state index is 0.109. The van der Waals surface area contributed by atoms with Crippen molar-refractivity contribution in [2.75, 3.05) is 6.54 Å². The minimum atomic E-state index is -2.04. The van der Waals surface area contributed by atoms with Crippen molar-refractivity contribution in [3.05, 3.63) is 34.9 Å². The van der Waals surface area contributed by atoms with Gasteiger partial charge in [0.2, 0.25) is 0 Å². The number of amides is 1. The maximum absolute atomic E-state index is 13.3. The molecule has 7 heteroatoms. The first kappa shape index (κ1) is 16.4. The number of hydrogen-bond acceptors (Lipinski definition) is 2. The second kappa shape index (κ2) is 6.69. The number of nitrogens with one attached hydrogen (secondary N) is 1. The number of rotatable bonds is 5. The van der Waals surface area contributed by atoms with E-state index in [9.17, 15) is 27.5 Å². The molecule has 0 saturated heterocycles. The summed E-state index contributed by atoms with van der Waals surface area (Å²) < 4.78 is 52.0. The molecule has 1 amide bonds. The van der Waals surface area contributed by atoms with Gasteiger partial charge in [-0.1, -0.05) is 20.3 Å². The summed E-state index contributed by atoms with van der Waals surface area (Å²) in [7, 11) is 0. The van der Waals surface area contributed by atoms with E-state index in [1.807, 2.05) is 6.92 Å². The van der Waals surface area contributed by atoms with Crippen molar-refractivity contribution in [2.45, 2.75) is 26.4 Å². The van der Waals surface area contributed by atoms with E-state index in [-0.39, 0.29) is 18.5 Å². The van der Waals surface area contributed by atoms with E-state index in [4.69, 9.17) is 0 Å². The summed E-state index contributed by atoms with van der Waals surface area (Å²) in [4.78, 5) is 11.6. The van der Waals surface area contributed by atoms with Gasteiger partial charge in [0.15, 0.2) is 23.3 Å². The molecule has 0 saturated carbocycles. The quantitative estimate of drug-likeness (QED) is 0.497. The van der Waals surface area contributed by atoms with Crippen LogP contribution in [0.1, 0.15) is 30.6 Å². The summed E-state index contributed by atoms with van der Waals surface area (Å²) in [6.45, 7) is 3.38. The number of aliphatic hydroxyl groups is 1. The van der Waals surface area contributed by atoms with Crippen molar-refractivity contribution >= 4 is 5.91 Å². The predicted octanol–water partition coefficient (Wildman–Crippen LogP) is 2.38. The maximum Gasteiger partial charge on any atom is 0.254 e. The molecule has 2 unspecified atom stereocenters. The number of halogens is 4. The van der Waals surface area contributed by atoms with Crippen LogP contribution in [0.5, 0.6) is 0 Å². The van der Waals surface area contributed by atoms with Crippen LogP contribution in [-0.4, -0.2) is 23.7 Å². The average Bonchev–Trinajstić information content (AvgIpc) is 2.44. The zero-order valence-corrected chi connectivity index (χ0v) is 11.0. The molecule has 1 rings (SSSR count). The maximum atomic E-state index is 13.3. The third kappa shape index (κ3) is 3.47. The van der Waals surface area contributed by atoms with Crippen LogP contribution in [0, 0.1) is 29.2 Å². The molecule has 0 aliphatic rings. The highest BCUT2D eigenvalue weighted by molar-refractivity contribution is 5.94. The summed E-state index contributed by atoms with van der Waals surface area (Å²) in [6.07, 6.45) is -0.215. The van der Waals surface area contributed by atoms with Crippen molar-refractivity contribution in [1.82, 2.24) is 5.32 Å². The smallest absolute Gasteiger partial charge is 0.254 e. The van der Waals surface area contributed by atoms with Crippen LogP contribution in [0.15, 0.2) is 6.07 Å². The topological polar surface area (TPSA) is 49.3 Å². The van der Waals surface area contributed by atoms with Gasteiger partial charge in [0.05, 0.1) is 11.7 Å². The van der Waals surface area contributed by atoms with Crippen LogP contribution in [0.4, 0.5) is 17.6 Å². The zero-order chi connectivity index (χ0) is 15.4. The summed E-state index contributed by atoms with van der Waals surface area (Å²) in [6, 6.07) is 0.276. The van der Waals surface area contributed by atoms with Crippen LogP contribution in [0.25, 0.3) is 0 Å². The molecule has 20 heavy (non-hydrogen) atoms. The first-order valence-corrected chi connectivity index (χ1v) is 6.08. The standard InChI is InChI=1S/C13H15F4NO2/c1-3-6(2)9(19)5-18-13(20)7-4-8(14)11(16)12(17)10(7)15/h4,6,9,19H,3,5H2,1-2H3,(H,18,20). The third-order valence-corrected chi connectivity index (χ3v) is 3.12. The fraction of sp³-hybridized carbons (Fsp3) is 0.462. The molecule has 1 aromatic carbocycles. The summed E-state index contributed by atoms with van der Waals surface area (Å²) >= 11 is 0. The van der Waals surface area contributed by atoms with E-state index < -0.39 is 40.8 Å². The van der Waals surface area contributed by atoms with Gasteiger partial charge in [-0.05, 0) is 12.0 Å². The molecule has 0 aromatic heterocycles. The fourth-order valence-corrected chi connectivity index (χ4v) is 1.50. The van der Waals surface area contributed by atoms with Crippen LogP contribution in [0.3, 0.4) is 0 Å². The van der Waals surface area contributed by atoms with E-state index >= 15 is 0 Å². The summed E-state index contributed by atoms with van der Waals surface area (Å²) in [5.41, 5.74) is -0.947. The van der Waals surface area contributed by atoms with Gasteiger partial charge in [0, 0.05) is 6.54 Å². The number of carbonyl (C=O) groups excluding carboxylic acids is 1. The van der Waals surface area contributed by atoms with Crippen LogP contribution in [0.2, 0.25) is 0 Å². The third-order valence-electron chi connectivity index (χ3n) is 3.12. The average molecular weight is 293 g/mol. The Bertz CT molecular complexity index is 508. The van der Waals surface area contributed by atoms with E-state index in [0.717, 1.165) is 0 Å². The van der Waals surface area contributed by atoms with Crippen molar-refractivity contribution in [1.29, 1.82) is 0 Å². The number of benzene rings is 1. The van der Waals surface area contributed by atoms with E-state index in [1.54, 1.807) is 6.92 Å². The Balaban J connectivity index is 2.84. The predicted molar refractivity (Wildman–Crippen MR) is 64.1 cm³/mol. The Morgan fingerprint density at radius 2 is 1.85 bits per heavy atom. The molecule has 112 valence electrons. The molecule has 0 spiro atoms. The molecule has 0 fully saturated rings. The molecule has 0 aliphatic heterocycles.